The fourth-order valence-corrected chi connectivity index (χ4v) is 1.50. The van der Waals surface area contributed by atoms with Crippen LogP contribution in [0.25, 0.3) is 0 Å². The Morgan fingerprint density at radius 2 is 2.10 bits per heavy atom. The number of rotatable bonds is 6. The van der Waals surface area contributed by atoms with Gasteiger partial charge in [0.15, 0.2) is 0 Å². The summed E-state index contributed by atoms with van der Waals surface area (Å²) >= 11 is 0. The van der Waals surface area contributed by atoms with Gasteiger partial charge in [0, 0.05) is 18.7 Å². The van der Waals surface area contributed by atoms with Crippen LogP contribution in [0.2, 0.25) is 0 Å². The molecule has 0 radical (unpaired) electrons. The van der Waals surface area contributed by atoms with E-state index in [1.54, 1.807) is 6.92 Å². The third-order valence-corrected chi connectivity index (χ3v) is 2.41. The van der Waals surface area contributed by atoms with Crippen LogP contribution in [0, 0.1) is 10.1 Å². The van der Waals surface area contributed by atoms with Crippen molar-refractivity contribution in [3.8, 4) is 0 Å². The van der Waals surface area contributed by atoms with Crippen molar-refractivity contribution >= 4 is 23.3 Å². The Morgan fingerprint density at radius 1 is 1.40 bits per heavy atom. The lowest BCUT2D eigenvalue weighted by molar-refractivity contribution is -0.384. The van der Waals surface area contributed by atoms with Crippen molar-refractivity contribution in [1.29, 1.82) is 0 Å². The molecule has 0 aliphatic rings. The highest BCUT2D eigenvalue weighted by atomic mass is 16.6. The van der Waals surface area contributed by atoms with E-state index < -0.39 is 16.8 Å². The minimum atomic E-state index is -0.625. The first-order valence-electron chi connectivity index (χ1n) is 5.89. The van der Waals surface area contributed by atoms with Gasteiger partial charge < -0.3 is 15.4 Å². The fourth-order valence-electron chi connectivity index (χ4n) is 1.50. The Hall–Kier alpha value is -2.64. The molecule has 0 aliphatic heterocycles. The molecule has 1 rings (SSSR count). The molecular formula is C12H15N3O5. The first-order chi connectivity index (χ1) is 9.49. The Labute approximate surface area is 115 Å². The van der Waals surface area contributed by atoms with Crippen LogP contribution in [0.5, 0.6) is 0 Å². The molecule has 108 valence electrons. The normalized spacial score (nSPS) is 9.70. The van der Waals surface area contributed by atoms with Crippen molar-refractivity contribution < 1.29 is 19.2 Å². The summed E-state index contributed by atoms with van der Waals surface area (Å²) in [5, 5.41) is 16.0. The number of nitrogens with one attached hydrogen (secondary N) is 2. The van der Waals surface area contributed by atoms with Crippen LogP contribution in [-0.4, -0.2) is 37.0 Å². The smallest absolute Gasteiger partial charge is 0.325 e. The second kappa shape index (κ2) is 7.07. The lowest BCUT2D eigenvalue weighted by Crippen LogP contribution is -2.19. The minimum Gasteiger partial charge on any atom is -0.465 e. The largest absolute Gasteiger partial charge is 0.465 e. The van der Waals surface area contributed by atoms with Crippen molar-refractivity contribution in [3.63, 3.8) is 0 Å². The Balaban J connectivity index is 2.93. The lowest BCUT2D eigenvalue weighted by Gasteiger charge is -2.08. The van der Waals surface area contributed by atoms with Gasteiger partial charge in [0.25, 0.3) is 11.6 Å². The molecule has 0 heterocycles. The zero-order chi connectivity index (χ0) is 15.1. The van der Waals surface area contributed by atoms with Crippen LogP contribution < -0.4 is 10.6 Å². The number of carbonyl (C=O) groups is 2. The van der Waals surface area contributed by atoms with E-state index >= 15 is 0 Å². The lowest BCUT2D eigenvalue weighted by atomic mass is 10.1. The van der Waals surface area contributed by atoms with E-state index in [0.29, 0.717) is 0 Å². The number of benzene rings is 1. The highest BCUT2D eigenvalue weighted by Crippen LogP contribution is 2.25. The van der Waals surface area contributed by atoms with Crippen LogP contribution in [0.1, 0.15) is 17.3 Å². The van der Waals surface area contributed by atoms with Crippen molar-refractivity contribution in [1.82, 2.24) is 5.32 Å². The van der Waals surface area contributed by atoms with E-state index in [1.807, 2.05) is 0 Å². The van der Waals surface area contributed by atoms with Crippen LogP contribution in [0.3, 0.4) is 0 Å². The number of anilines is 1. The number of nitrogens with zero attached hydrogens (tertiary/aromatic N) is 1. The summed E-state index contributed by atoms with van der Waals surface area (Å²) in [5.41, 5.74) is 0.0342. The number of carbonyl (C=O) groups excluding carboxylic acids is 2. The first-order valence-corrected chi connectivity index (χ1v) is 5.89. The summed E-state index contributed by atoms with van der Waals surface area (Å²) in [6, 6.07) is 3.95. The van der Waals surface area contributed by atoms with Gasteiger partial charge in [-0.2, -0.15) is 0 Å². The molecule has 1 amide bonds. The monoisotopic (exact) mass is 281 g/mol. The molecule has 1 aromatic carbocycles. The van der Waals surface area contributed by atoms with E-state index in [9.17, 15) is 19.7 Å². The number of nitro benzene ring substituents is 1. The summed E-state index contributed by atoms with van der Waals surface area (Å²) in [7, 11) is 1.43. The van der Waals surface area contributed by atoms with Crippen molar-refractivity contribution in [2.24, 2.45) is 0 Å². The van der Waals surface area contributed by atoms with Gasteiger partial charge in [0.05, 0.1) is 11.5 Å². The summed E-state index contributed by atoms with van der Waals surface area (Å²) in [6.45, 7) is 1.71. The number of amides is 1. The summed E-state index contributed by atoms with van der Waals surface area (Å²) in [6.07, 6.45) is 0. The van der Waals surface area contributed by atoms with Gasteiger partial charge in [-0.1, -0.05) is 0 Å². The molecule has 0 unspecified atom stereocenters. The van der Waals surface area contributed by atoms with Gasteiger partial charge in [-0.3, -0.25) is 19.7 Å². The molecule has 8 nitrogen and oxygen atoms in total. The zero-order valence-electron chi connectivity index (χ0n) is 11.1. The first kappa shape index (κ1) is 15.4. The number of hydrogen-bond donors (Lipinski definition) is 2. The second-order valence-electron chi connectivity index (χ2n) is 3.73. The Bertz CT molecular complexity index is 530. The molecule has 0 spiro atoms. The Morgan fingerprint density at radius 3 is 2.65 bits per heavy atom. The maximum absolute atomic E-state index is 11.4. The van der Waals surface area contributed by atoms with Gasteiger partial charge in [-0.25, -0.2) is 0 Å². The highest BCUT2D eigenvalue weighted by Gasteiger charge is 2.17. The summed E-state index contributed by atoms with van der Waals surface area (Å²) in [5.74, 6) is -0.942. The van der Waals surface area contributed by atoms with Gasteiger partial charge in [0.2, 0.25) is 0 Å². The summed E-state index contributed by atoms with van der Waals surface area (Å²) in [4.78, 5) is 33.0. The molecule has 0 atom stereocenters. The van der Waals surface area contributed by atoms with Crippen LogP contribution in [0.4, 0.5) is 11.4 Å². The van der Waals surface area contributed by atoms with E-state index in [2.05, 4.69) is 10.6 Å². The second-order valence-corrected chi connectivity index (χ2v) is 3.73. The Kier molecular flexibility index (Phi) is 5.45. The molecule has 0 saturated carbocycles. The molecule has 20 heavy (non-hydrogen) atoms. The number of hydrogen-bond acceptors (Lipinski definition) is 6. The van der Waals surface area contributed by atoms with Gasteiger partial charge >= 0.3 is 5.97 Å². The average Bonchev–Trinajstić information content (AvgIpc) is 2.44. The molecule has 0 saturated heterocycles. The number of nitro groups is 1. The molecule has 0 aromatic heterocycles. The minimum absolute atomic E-state index is 0.149. The summed E-state index contributed by atoms with van der Waals surface area (Å²) < 4.78 is 4.71. The van der Waals surface area contributed by atoms with Crippen LogP contribution in [0.15, 0.2) is 18.2 Å². The SMILES string of the molecule is CCOC(=O)CNc1ccc(C(=O)NC)cc1[N+](=O)[O-]. The van der Waals surface area contributed by atoms with E-state index in [-0.39, 0.29) is 30.1 Å². The molecule has 1 aromatic rings. The molecule has 2 N–H and O–H groups in total. The standard InChI is InChI=1S/C12H15N3O5/c1-3-20-11(16)7-14-9-5-4-8(12(17)13-2)6-10(9)15(18)19/h4-6,14H,3,7H2,1-2H3,(H,13,17). The predicted octanol–water partition coefficient (Wildman–Crippen LogP) is 0.929. The number of esters is 1. The fraction of sp³-hybridized carbons (Fsp3) is 0.333. The molecule has 0 bridgehead atoms. The zero-order valence-corrected chi connectivity index (χ0v) is 11.1. The van der Waals surface area contributed by atoms with Gasteiger partial charge in [-0.05, 0) is 19.1 Å². The maximum Gasteiger partial charge on any atom is 0.325 e. The van der Waals surface area contributed by atoms with Gasteiger partial charge in [-0.15, -0.1) is 0 Å². The quantitative estimate of drug-likeness (QED) is 0.456. The molecule has 8 heteroatoms. The number of ether oxygens (including phenoxy) is 1. The van der Waals surface area contributed by atoms with Crippen molar-refractivity contribution in [2.75, 3.05) is 25.5 Å². The van der Waals surface area contributed by atoms with Crippen molar-refractivity contribution in [2.45, 2.75) is 6.92 Å². The van der Waals surface area contributed by atoms with E-state index in [0.717, 1.165) is 6.07 Å². The third kappa shape index (κ3) is 3.94. The topological polar surface area (TPSA) is 111 Å². The third-order valence-electron chi connectivity index (χ3n) is 2.41. The van der Waals surface area contributed by atoms with E-state index in [4.69, 9.17) is 4.74 Å². The average molecular weight is 281 g/mol. The van der Waals surface area contributed by atoms with Crippen LogP contribution in [-0.2, 0) is 9.53 Å². The van der Waals surface area contributed by atoms with Gasteiger partial charge in [0.1, 0.15) is 12.2 Å². The highest BCUT2D eigenvalue weighted by molar-refractivity contribution is 5.95. The molecular weight excluding hydrogens is 266 g/mol. The molecule has 0 fully saturated rings. The van der Waals surface area contributed by atoms with Crippen molar-refractivity contribution in [3.05, 3.63) is 33.9 Å². The van der Waals surface area contributed by atoms with E-state index in [1.165, 1.54) is 19.2 Å². The predicted molar refractivity (Wildman–Crippen MR) is 71.6 cm³/mol. The maximum atomic E-state index is 11.4. The van der Waals surface area contributed by atoms with Crippen LogP contribution >= 0.6 is 0 Å². The molecule has 0 aliphatic carbocycles.